The zero-order valence-corrected chi connectivity index (χ0v) is 22.4. The fourth-order valence-corrected chi connectivity index (χ4v) is 5.01. The number of oxazole rings is 2. The van der Waals surface area contributed by atoms with E-state index >= 15 is 0 Å². The van der Waals surface area contributed by atoms with Crippen LogP contribution < -0.4 is 0 Å². The maximum Gasteiger partial charge on any atom is 0.231 e. The van der Waals surface area contributed by atoms with Gasteiger partial charge in [0.15, 0.2) is 11.2 Å². The van der Waals surface area contributed by atoms with Crippen LogP contribution in [0.4, 0.5) is 0 Å². The van der Waals surface area contributed by atoms with Crippen LogP contribution in [-0.2, 0) is 19.6 Å². The predicted octanol–water partition coefficient (Wildman–Crippen LogP) is 6.71. The first-order valence-corrected chi connectivity index (χ1v) is 13.4. The molecule has 0 aliphatic heterocycles. The summed E-state index contributed by atoms with van der Waals surface area (Å²) in [5.74, 6) is 0.158. The summed E-state index contributed by atoms with van der Waals surface area (Å²) in [5, 5.41) is 21.9. The van der Waals surface area contributed by atoms with Gasteiger partial charge in [0.05, 0.1) is 22.5 Å². The van der Waals surface area contributed by atoms with Gasteiger partial charge in [0.25, 0.3) is 0 Å². The van der Waals surface area contributed by atoms with Crippen molar-refractivity contribution in [2.45, 2.75) is 19.6 Å². The Kier molecular flexibility index (Phi) is 6.54. The number of rotatable bonds is 8. The zero-order chi connectivity index (χ0) is 28.5. The van der Waals surface area contributed by atoms with Crippen LogP contribution in [-0.4, -0.2) is 35.0 Å². The van der Waals surface area contributed by atoms with E-state index in [2.05, 4.69) is 19.9 Å². The number of para-hydroxylation sites is 3. The first-order chi connectivity index (χ1) is 20.6. The van der Waals surface area contributed by atoms with Crippen LogP contribution in [0.1, 0.15) is 17.0 Å². The molecule has 0 saturated heterocycles. The van der Waals surface area contributed by atoms with Gasteiger partial charge >= 0.3 is 0 Å². The average molecular weight is 556 g/mol. The van der Waals surface area contributed by atoms with E-state index in [1.165, 1.54) is 12.1 Å². The molecule has 9 heteroatoms. The maximum absolute atomic E-state index is 11.0. The number of aromatic hydroxyl groups is 2. The maximum atomic E-state index is 11.0. The fourth-order valence-electron chi connectivity index (χ4n) is 5.01. The van der Waals surface area contributed by atoms with Crippen molar-refractivity contribution in [2.24, 2.45) is 0 Å². The molecule has 7 rings (SSSR count). The highest BCUT2D eigenvalue weighted by Crippen LogP contribution is 2.41. The minimum atomic E-state index is -0.120. The molecule has 0 atom stereocenters. The summed E-state index contributed by atoms with van der Waals surface area (Å²) in [7, 11) is 0. The van der Waals surface area contributed by atoms with Crippen molar-refractivity contribution in [1.82, 2.24) is 24.8 Å². The second kappa shape index (κ2) is 10.8. The van der Waals surface area contributed by atoms with Crippen molar-refractivity contribution >= 4 is 22.2 Å². The Morgan fingerprint density at radius 2 is 1.19 bits per heavy atom. The minimum Gasteiger partial charge on any atom is -0.507 e. The second-order valence-electron chi connectivity index (χ2n) is 9.94. The molecule has 3 aromatic carbocycles. The van der Waals surface area contributed by atoms with Crippen LogP contribution in [0.2, 0.25) is 0 Å². The molecule has 0 radical (unpaired) electrons. The molecule has 7 aromatic rings. The van der Waals surface area contributed by atoms with Crippen molar-refractivity contribution in [3.05, 3.63) is 120 Å². The van der Waals surface area contributed by atoms with Crippen LogP contribution in [0.3, 0.4) is 0 Å². The fraction of sp³-hybridized carbons (Fsp3) is 0.0909. The van der Waals surface area contributed by atoms with Crippen LogP contribution in [0.25, 0.3) is 45.1 Å². The third-order valence-corrected chi connectivity index (χ3v) is 6.99. The number of pyridine rings is 2. The molecule has 4 aromatic heterocycles. The van der Waals surface area contributed by atoms with Gasteiger partial charge in [-0.2, -0.15) is 0 Å². The topological polar surface area (TPSA) is 122 Å². The molecule has 0 unspecified atom stereocenters. The third-order valence-electron chi connectivity index (χ3n) is 6.99. The van der Waals surface area contributed by atoms with Gasteiger partial charge in [-0.3, -0.25) is 14.9 Å². The van der Waals surface area contributed by atoms with E-state index in [4.69, 9.17) is 13.8 Å². The Labute approximate surface area is 240 Å². The summed E-state index contributed by atoms with van der Waals surface area (Å²) < 4.78 is 11.9. The summed E-state index contributed by atoms with van der Waals surface area (Å²) in [4.78, 5) is 20.4. The van der Waals surface area contributed by atoms with Gasteiger partial charge in [-0.1, -0.05) is 36.4 Å². The number of hydrogen-bond donors (Lipinski definition) is 2. The highest BCUT2D eigenvalue weighted by atomic mass is 16.4. The van der Waals surface area contributed by atoms with Gasteiger partial charge in [0, 0.05) is 32.0 Å². The van der Waals surface area contributed by atoms with E-state index in [9.17, 15) is 10.2 Å². The number of phenols is 2. The molecule has 0 fully saturated rings. The van der Waals surface area contributed by atoms with Crippen LogP contribution in [0.15, 0.2) is 112 Å². The summed E-state index contributed by atoms with van der Waals surface area (Å²) in [6.07, 6.45) is 3.58. The van der Waals surface area contributed by atoms with Crippen LogP contribution in [0, 0.1) is 0 Å². The van der Waals surface area contributed by atoms with Gasteiger partial charge in [0.2, 0.25) is 11.8 Å². The molecule has 0 bridgehead atoms. The van der Waals surface area contributed by atoms with Gasteiger partial charge in [-0.05, 0) is 60.2 Å². The summed E-state index contributed by atoms with van der Waals surface area (Å²) >= 11 is 0. The lowest BCUT2D eigenvalue weighted by Gasteiger charge is -2.22. The van der Waals surface area contributed by atoms with Crippen LogP contribution in [0.5, 0.6) is 11.5 Å². The lowest BCUT2D eigenvalue weighted by atomic mass is 10.1. The monoisotopic (exact) mass is 555 g/mol. The highest BCUT2D eigenvalue weighted by Gasteiger charge is 2.21. The largest absolute Gasteiger partial charge is 0.507 e. The van der Waals surface area contributed by atoms with E-state index < -0.39 is 0 Å². The summed E-state index contributed by atoms with van der Waals surface area (Å²) in [6, 6.07) is 27.6. The Morgan fingerprint density at radius 1 is 0.595 bits per heavy atom. The average Bonchev–Trinajstić information content (AvgIpc) is 3.64. The number of phenolic OH excluding ortho intramolecular Hbond substituents is 2. The van der Waals surface area contributed by atoms with Gasteiger partial charge in [-0.15, -0.1) is 0 Å². The molecule has 0 saturated carbocycles. The van der Waals surface area contributed by atoms with Crippen molar-refractivity contribution < 1.29 is 19.0 Å². The number of fused-ring (bicyclic) bond motifs is 2. The lowest BCUT2D eigenvalue weighted by Crippen LogP contribution is -2.23. The molecular weight excluding hydrogens is 530 g/mol. The normalized spacial score (nSPS) is 11.5. The van der Waals surface area contributed by atoms with Crippen LogP contribution >= 0.6 is 0 Å². The molecule has 0 aliphatic carbocycles. The molecule has 0 spiro atoms. The second-order valence-corrected chi connectivity index (χ2v) is 9.94. The summed E-state index contributed by atoms with van der Waals surface area (Å²) in [6.45, 7) is 1.79. The number of hydrogen-bond acceptors (Lipinski definition) is 9. The van der Waals surface area contributed by atoms with Gasteiger partial charge < -0.3 is 19.0 Å². The molecule has 206 valence electrons. The van der Waals surface area contributed by atoms with Crippen molar-refractivity contribution in [1.29, 1.82) is 0 Å². The Morgan fingerprint density at radius 3 is 1.83 bits per heavy atom. The standard InChI is InChI=1S/C33H25N5O4/c39-27-17-25(28(40)16-24(27)32-36-26-11-1-2-12-29(26)41-32)33-37-31-21(8-7-13-30(31)42-33)18-38(19-22-9-3-5-14-34-22)20-23-10-4-6-15-35-23/h1-17,39-40H,18-20H2. The lowest BCUT2D eigenvalue weighted by molar-refractivity contribution is 0.242. The van der Waals surface area contributed by atoms with E-state index in [1.54, 1.807) is 18.5 Å². The zero-order valence-electron chi connectivity index (χ0n) is 22.4. The van der Waals surface area contributed by atoms with Gasteiger partial charge in [-0.25, -0.2) is 9.97 Å². The van der Waals surface area contributed by atoms with Crippen molar-refractivity contribution in [2.75, 3.05) is 0 Å². The minimum absolute atomic E-state index is 0.117. The first kappa shape index (κ1) is 25.4. The third kappa shape index (κ3) is 5.04. The Hall–Kier alpha value is -5.54. The molecule has 0 aliphatic rings. The molecule has 0 amide bonds. The number of benzene rings is 3. The predicted molar refractivity (Wildman–Crippen MR) is 157 cm³/mol. The quantitative estimate of drug-likeness (QED) is 0.197. The van der Waals surface area contributed by atoms with Crippen molar-refractivity contribution in [3.63, 3.8) is 0 Å². The molecule has 4 heterocycles. The van der Waals surface area contributed by atoms with Gasteiger partial charge in [0.1, 0.15) is 22.5 Å². The molecule has 9 nitrogen and oxygen atoms in total. The SMILES string of the molecule is Oc1cc(-c2nc3c(CN(Cc4ccccn4)Cc4ccccn4)cccc3o2)c(O)cc1-c1nc2ccccc2o1. The smallest absolute Gasteiger partial charge is 0.231 e. The van der Waals surface area contributed by atoms with E-state index in [0.29, 0.717) is 41.8 Å². The first-order valence-electron chi connectivity index (χ1n) is 13.4. The number of aromatic nitrogens is 4. The number of nitrogens with zero attached hydrogens (tertiary/aromatic N) is 5. The molecular formula is C33H25N5O4. The molecule has 2 N–H and O–H groups in total. The Bertz CT molecular complexity index is 1930. The van der Waals surface area contributed by atoms with Crippen molar-refractivity contribution in [3.8, 4) is 34.4 Å². The Balaban J connectivity index is 1.22. The highest BCUT2D eigenvalue weighted by molar-refractivity contribution is 5.83. The van der Waals surface area contributed by atoms with E-state index in [0.717, 1.165) is 17.0 Å². The molecule has 42 heavy (non-hydrogen) atoms. The summed E-state index contributed by atoms with van der Waals surface area (Å²) in [5.41, 5.74) is 5.84. The van der Waals surface area contributed by atoms with E-state index in [1.807, 2.05) is 72.8 Å². The van der Waals surface area contributed by atoms with E-state index in [-0.39, 0.29) is 34.4 Å².